The standard InChI is InChI=1S/C11H13FN2O2/c1-11(2)9(10(11)13)6-3-4-8(14(15)16)7(12)5-6/h3-5,9-10H,13H2,1-2H3. The minimum Gasteiger partial charge on any atom is -0.327 e. The highest BCUT2D eigenvalue weighted by Crippen LogP contribution is 2.57. The second kappa shape index (κ2) is 3.25. The van der Waals surface area contributed by atoms with Crippen LogP contribution in [0.2, 0.25) is 0 Å². The minimum absolute atomic E-state index is 0.00615. The predicted octanol–water partition coefficient (Wildman–Crippen LogP) is 2.18. The van der Waals surface area contributed by atoms with E-state index in [1.54, 1.807) is 6.07 Å². The number of nitrogens with zero attached hydrogens (tertiary/aromatic N) is 1. The lowest BCUT2D eigenvalue weighted by Gasteiger charge is -2.03. The average Bonchev–Trinajstić information content (AvgIpc) is 2.65. The molecule has 0 bridgehead atoms. The Labute approximate surface area is 92.4 Å². The van der Waals surface area contributed by atoms with E-state index in [0.29, 0.717) is 0 Å². The highest BCUT2D eigenvalue weighted by Gasteiger charge is 2.56. The van der Waals surface area contributed by atoms with E-state index in [9.17, 15) is 14.5 Å². The number of nitro groups is 1. The van der Waals surface area contributed by atoms with Crippen molar-refractivity contribution >= 4 is 5.69 Å². The first kappa shape index (κ1) is 11.0. The zero-order chi connectivity index (χ0) is 12.1. The maximum atomic E-state index is 13.4. The number of hydrogen-bond donors (Lipinski definition) is 1. The Morgan fingerprint density at radius 2 is 2.06 bits per heavy atom. The molecule has 1 aliphatic rings. The van der Waals surface area contributed by atoms with Gasteiger partial charge in [-0.25, -0.2) is 0 Å². The summed E-state index contributed by atoms with van der Waals surface area (Å²) in [6.45, 7) is 4.00. The van der Waals surface area contributed by atoms with Gasteiger partial charge in [-0.3, -0.25) is 10.1 Å². The van der Waals surface area contributed by atoms with Crippen molar-refractivity contribution in [3.8, 4) is 0 Å². The Morgan fingerprint density at radius 3 is 2.44 bits per heavy atom. The highest BCUT2D eigenvalue weighted by molar-refractivity contribution is 5.41. The molecule has 0 aliphatic heterocycles. The molecule has 16 heavy (non-hydrogen) atoms. The smallest absolute Gasteiger partial charge is 0.304 e. The zero-order valence-corrected chi connectivity index (χ0v) is 9.11. The van der Waals surface area contributed by atoms with Crippen LogP contribution < -0.4 is 5.73 Å². The van der Waals surface area contributed by atoms with Crippen molar-refractivity contribution in [3.05, 3.63) is 39.7 Å². The van der Waals surface area contributed by atoms with Gasteiger partial charge in [-0.2, -0.15) is 4.39 Å². The number of benzene rings is 1. The van der Waals surface area contributed by atoms with E-state index in [0.717, 1.165) is 5.56 Å². The Bertz CT molecular complexity index is 459. The Hall–Kier alpha value is -1.49. The van der Waals surface area contributed by atoms with Crippen LogP contribution in [0.25, 0.3) is 0 Å². The summed E-state index contributed by atoms with van der Waals surface area (Å²) in [5.74, 6) is -0.708. The lowest BCUT2D eigenvalue weighted by atomic mass is 10.0. The summed E-state index contributed by atoms with van der Waals surface area (Å²) in [6.07, 6.45) is 0. The molecule has 0 heterocycles. The minimum atomic E-state index is -0.794. The van der Waals surface area contributed by atoms with Crippen LogP contribution in [0.5, 0.6) is 0 Å². The second-order valence-electron chi connectivity index (χ2n) is 4.79. The van der Waals surface area contributed by atoms with Crippen molar-refractivity contribution in [3.63, 3.8) is 0 Å². The van der Waals surface area contributed by atoms with Crippen molar-refractivity contribution in [2.45, 2.75) is 25.8 Å². The molecule has 0 aromatic heterocycles. The van der Waals surface area contributed by atoms with Crippen molar-refractivity contribution < 1.29 is 9.31 Å². The van der Waals surface area contributed by atoms with E-state index in [4.69, 9.17) is 5.73 Å². The molecule has 0 amide bonds. The van der Waals surface area contributed by atoms with Crippen LogP contribution in [0.15, 0.2) is 18.2 Å². The molecule has 2 rings (SSSR count). The molecule has 1 saturated carbocycles. The van der Waals surface area contributed by atoms with E-state index in [2.05, 4.69) is 0 Å². The zero-order valence-electron chi connectivity index (χ0n) is 9.11. The maximum absolute atomic E-state index is 13.4. The molecule has 2 N–H and O–H groups in total. The molecule has 1 fully saturated rings. The van der Waals surface area contributed by atoms with Gasteiger partial charge in [0.1, 0.15) is 0 Å². The van der Waals surface area contributed by atoms with Gasteiger partial charge < -0.3 is 5.73 Å². The normalized spacial score (nSPS) is 26.5. The number of rotatable bonds is 2. The van der Waals surface area contributed by atoms with Gasteiger partial charge in [-0.15, -0.1) is 0 Å². The molecule has 1 aromatic carbocycles. The summed E-state index contributed by atoms with van der Waals surface area (Å²) in [5, 5.41) is 10.5. The highest BCUT2D eigenvalue weighted by atomic mass is 19.1. The number of nitro benzene ring substituents is 1. The van der Waals surface area contributed by atoms with E-state index < -0.39 is 16.4 Å². The monoisotopic (exact) mass is 224 g/mol. The summed E-state index contributed by atoms with van der Waals surface area (Å²) < 4.78 is 13.4. The molecule has 4 nitrogen and oxygen atoms in total. The SMILES string of the molecule is CC1(C)C(N)C1c1ccc([N+](=O)[O-])c(F)c1. The fraction of sp³-hybridized carbons (Fsp3) is 0.455. The lowest BCUT2D eigenvalue weighted by Crippen LogP contribution is -2.06. The van der Waals surface area contributed by atoms with Crippen LogP contribution in [-0.4, -0.2) is 11.0 Å². The Morgan fingerprint density at radius 1 is 1.50 bits per heavy atom. The number of nitrogens with two attached hydrogens (primary N) is 1. The van der Waals surface area contributed by atoms with Crippen LogP contribution in [0.3, 0.4) is 0 Å². The van der Waals surface area contributed by atoms with Crippen molar-refractivity contribution in [2.24, 2.45) is 11.1 Å². The third-order valence-corrected chi connectivity index (χ3v) is 3.44. The fourth-order valence-corrected chi connectivity index (χ4v) is 2.18. The van der Waals surface area contributed by atoms with Gasteiger partial charge in [-0.05, 0) is 17.0 Å². The van der Waals surface area contributed by atoms with Gasteiger partial charge in [-0.1, -0.05) is 19.9 Å². The van der Waals surface area contributed by atoms with Crippen molar-refractivity contribution in [1.82, 2.24) is 0 Å². The Balaban J connectivity index is 2.33. The van der Waals surface area contributed by atoms with E-state index >= 15 is 0 Å². The van der Waals surface area contributed by atoms with Crippen LogP contribution >= 0.6 is 0 Å². The van der Waals surface area contributed by atoms with Crippen LogP contribution in [0.4, 0.5) is 10.1 Å². The lowest BCUT2D eigenvalue weighted by molar-refractivity contribution is -0.387. The second-order valence-corrected chi connectivity index (χ2v) is 4.79. The average molecular weight is 224 g/mol. The third kappa shape index (κ3) is 1.48. The van der Waals surface area contributed by atoms with E-state index in [-0.39, 0.29) is 17.4 Å². The van der Waals surface area contributed by atoms with Gasteiger partial charge in [0.05, 0.1) is 4.92 Å². The molecule has 0 spiro atoms. The van der Waals surface area contributed by atoms with Crippen molar-refractivity contribution in [2.75, 3.05) is 0 Å². The van der Waals surface area contributed by atoms with Gasteiger partial charge in [0, 0.05) is 18.0 Å². The molecule has 0 saturated heterocycles. The molecule has 2 unspecified atom stereocenters. The summed E-state index contributed by atoms with van der Waals surface area (Å²) in [5.41, 5.74) is 6.06. The first-order chi connectivity index (χ1) is 7.35. The summed E-state index contributed by atoms with van der Waals surface area (Å²) in [7, 11) is 0. The van der Waals surface area contributed by atoms with Gasteiger partial charge in [0.25, 0.3) is 0 Å². The first-order valence-corrected chi connectivity index (χ1v) is 5.05. The molecule has 1 aliphatic carbocycles. The van der Waals surface area contributed by atoms with E-state index in [1.165, 1.54) is 12.1 Å². The number of hydrogen-bond acceptors (Lipinski definition) is 3. The molecule has 86 valence electrons. The third-order valence-electron chi connectivity index (χ3n) is 3.44. The van der Waals surface area contributed by atoms with Gasteiger partial charge in [0.15, 0.2) is 0 Å². The topological polar surface area (TPSA) is 69.2 Å². The molecular weight excluding hydrogens is 211 g/mol. The summed E-state index contributed by atoms with van der Waals surface area (Å²) in [6, 6.07) is 4.00. The van der Waals surface area contributed by atoms with Crippen molar-refractivity contribution in [1.29, 1.82) is 0 Å². The first-order valence-electron chi connectivity index (χ1n) is 5.05. The molecule has 5 heteroatoms. The Kier molecular flexibility index (Phi) is 2.24. The molecule has 1 aromatic rings. The molecular formula is C11H13FN2O2. The predicted molar refractivity (Wildman–Crippen MR) is 57.6 cm³/mol. The van der Waals surface area contributed by atoms with Crippen LogP contribution in [0.1, 0.15) is 25.3 Å². The van der Waals surface area contributed by atoms with E-state index in [1.807, 2.05) is 13.8 Å². The van der Waals surface area contributed by atoms with Crippen LogP contribution in [0, 0.1) is 21.3 Å². The fourth-order valence-electron chi connectivity index (χ4n) is 2.18. The van der Waals surface area contributed by atoms with Crippen LogP contribution in [-0.2, 0) is 0 Å². The molecule has 2 atom stereocenters. The largest absolute Gasteiger partial charge is 0.327 e. The quantitative estimate of drug-likeness (QED) is 0.618. The molecule has 0 radical (unpaired) electrons. The maximum Gasteiger partial charge on any atom is 0.304 e. The van der Waals surface area contributed by atoms with Gasteiger partial charge >= 0.3 is 5.69 Å². The van der Waals surface area contributed by atoms with Gasteiger partial charge in [0.2, 0.25) is 5.82 Å². The number of halogens is 1. The summed E-state index contributed by atoms with van der Waals surface area (Å²) in [4.78, 5) is 9.73. The summed E-state index contributed by atoms with van der Waals surface area (Å²) >= 11 is 0.